The summed E-state index contributed by atoms with van der Waals surface area (Å²) in [7, 11) is 0. The molecule has 0 heterocycles. The average Bonchev–Trinajstić information content (AvgIpc) is 2.61. The van der Waals surface area contributed by atoms with Crippen molar-refractivity contribution >= 4 is 35.6 Å². The van der Waals surface area contributed by atoms with E-state index in [4.69, 9.17) is 10.5 Å². The van der Waals surface area contributed by atoms with Crippen LogP contribution in [0.5, 0.6) is 5.75 Å². The third-order valence-electron chi connectivity index (χ3n) is 3.53. The molecule has 2 amide bonds. The largest absolute Gasteiger partial charge is 0.493 e. The molecule has 0 fully saturated rings. The summed E-state index contributed by atoms with van der Waals surface area (Å²) < 4.78 is 5.44. The van der Waals surface area contributed by atoms with Gasteiger partial charge in [0.2, 0.25) is 5.91 Å². The number of nitrogens with two attached hydrogens (primary N) is 1. The number of anilines is 2. The van der Waals surface area contributed by atoms with Gasteiger partial charge in [0.1, 0.15) is 5.75 Å². The summed E-state index contributed by atoms with van der Waals surface area (Å²) in [6, 6.07) is 14.2. The van der Waals surface area contributed by atoms with Crippen molar-refractivity contribution in [1.82, 2.24) is 5.32 Å². The number of nitrogen functional groups attached to an aromatic ring is 1. The monoisotopic (exact) mass is 377 g/mol. The van der Waals surface area contributed by atoms with Crippen molar-refractivity contribution in [3.63, 3.8) is 0 Å². The lowest BCUT2D eigenvalue weighted by molar-refractivity contribution is -0.116. The Hall–Kier alpha value is -2.73. The maximum absolute atomic E-state index is 12.2. The fraction of sp³-hybridized carbons (Fsp3) is 0.263. The molecule has 140 valence electrons. The Balaban J connectivity index is 0.00000338. The highest BCUT2D eigenvalue weighted by molar-refractivity contribution is 5.97. The number of nitrogens with one attached hydrogen (secondary N) is 2. The average molecular weight is 378 g/mol. The third kappa shape index (κ3) is 6.29. The van der Waals surface area contributed by atoms with Crippen LogP contribution in [0.1, 0.15) is 30.1 Å². The summed E-state index contributed by atoms with van der Waals surface area (Å²) in [5.74, 6) is 0.207. The predicted molar refractivity (Wildman–Crippen MR) is 106 cm³/mol. The molecule has 0 aromatic heterocycles. The number of hydrogen-bond acceptors (Lipinski definition) is 4. The summed E-state index contributed by atoms with van der Waals surface area (Å²) in [6.07, 6.45) is 0.822. The van der Waals surface area contributed by atoms with Crippen LogP contribution in [-0.2, 0) is 4.79 Å². The van der Waals surface area contributed by atoms with E-state index in [2.05, 4.69) is 10.6 Å². The molecule has 0 radical (unpaired) electrons. The van der Waals surface area contributed by atoms with Gasteiger partial charge in [-0.3, -0.25) is 9.59 Å². The third-order valence-corrected chi connectivity index (χ3v) is 3.53. The first-order valence-electron chi connectivity index (χ1n) is 8.26. The van der Waals surface area contributed by atoms with E-state index in [9.17, 15) is 9.59 Å². The van der Waals surface area contributed by atoms with Crippen molar-refractivity contribution in [1.29, 1.82) is 0 Å². The molecule has 4 N–H and O–H groups in total. The molecule has 0 bridgehead atoms. The fourth-order valence-corrected chi connectivity index (χ4v) is 2.31. The van der Waals surface area contributed by atoms with E-state index >= 15 is 0 Å². The molecular formula is C19H24ClN3O3. The van der Waals surface area contributed by atoms with Crippen LogP contribution in [0, 0.1) is 0 Å². The van der Waals surface area contributed by atoms with E-state index in [-0.39, 0.29) is 24.2 Å². The van der Waals surface area contributed by atoms with Gasteiger partial charge in [-0.2, -0.15) is 0 Å². The minimum absolute atomic E-state index is 0. The Morgan fingerprint density at radius 2 is 1.77 bits per heavy atom. The zero-order valence-electron chi connectivity index (χ0n) is 14.7. The zero-order valence-corrected chi connectivity index (χ0v) is 15.5. The molecular weight excluding hydrogens is 354 g/mol. The van der Waals surface area contributed by atoms with Crippen LogP contribution in [0.25, 0.3) is 0 Å². The smallest absolute Gasteiger partial charge is 0.255 e. The summed E-state index contributed by atoms with van der Waals surface area (Å²) >= 11 is 0. The Labute approximate surface area is 159 Å². The first-order chi connectivity index (χ1) is 12.1. The molecule has 0 aliphatic heterocycles. The highest BCUT2D eigenvalue weighted by Crippen LogP contribution is 2.18. The van der Waals surface area contributed by atoms with Gasteiger partial charge in [0, 0.05) is 13.0 Å². The van der Waals surface area contributed by atoms with Crippen molar-refractivity contribution in [2.75, 3.05) is 24.2 Å². The van der Waals surface area contributed by atoms with Gasteiger partial charge < -0.3 is 21.1 Å². The van der Waals surface area contributed by atoms with Crippen molar-refractivity contribution < 1.29 is 14.3 Å². The van der Waals surface area contributed by atoms with Crippen LogP contribution in [0.3, 0.4) is 0 Å². The summed E-state index contributed by atoms with van der Waals surface area (Å²) in [4.78, 5) is 24.1. The molecule has 6 nitrogen and oxygen atoms in total. The van der Waals surface area contributed by atoms with Crippen LogP contribution in [0.15, 0.2) is 48.5 Å². The molecule has 2 aromatic carbocycles. The van der Waals surface area contributed by atoms with Gasteiger partial charge in [-0.05, 0) is 37.6 Å². The summed E-state index contributed by atoms with van der Waals surface area (Å²) in [5, 5.41) is 5.56. The van der Waals surface area contributed by atoms with Gasteiger partial charge >= 0.3 is 0 Å². The molecule has 0 aliphatic rings. The number of hydrogen-bond donors (Lipinski definition) is 3. The number of ether oxygens (including phenoxy) is 1. The van der Waals surface area contributed by atoms with Gasteiger partial charge in [-0.25, -0.2) is 0 Å². The SMILES string of the molecule is CCOc1ccccc1C(=O)NCCCC(=O)Nc1ccccc1N.Cl. The van der Waals surface area contributed by atoms with Gasteiger partial charge in [0.15, 0.2) is 0 Å². The number of rotatable bonds is 8. The Bertz CT molecular complexity index is 737. The van der Waals surface area contributed by atoms with Crippen LogP contribution < -0.4 is 21.1 Å². The van der Waals surface area contributed by atoms with Crippen LogP contribution in [-0.4, -0.2) is 25.0 Å². The molecule has 0 saturated carbocycles. The molecule has 7 heteroatoms. The maximum Gasteiger partial charge on any atom is 0.255 e. The molecule has 2 rings (SSSR count). The van der Waals surface area contributed by atoms with Crippen LogP contribution >= 0.6 is 12.4 Å². The molecule has 0 unspecified atom stereocenters. The lowest BCUT2D eigenvalue weighted by Crippen LogP contribution is -2.26. The van der Waals surface area contributed by atoms with Crippen molar-refractivity contribution in [3.8, 4) is 5.75 Å². The van der Waals surface area contributed by atoms with E-state index < -0.39 is 0 Å². The normalized spacial score (nSPS) is 9.73. The number of amides is 2. The topological polar surface area (TPSA) is 93.4 Å². The predicted octanol–water partition coefficient (Wildman–Crippen LogP) is 3.24. The first-order valence-corrected chi connectivity index (χ1v) is 8.26. The highest BCUT2D eigenvalue weighted by Gasteiger charge is 2.11. The Morgan fingerprint density at radius 3 is 2.50 bits per heavy atom. The summed E-state index contributed by atoms with van der Waals surface area (Å²) in [6.45, 7) is 2.76. The Morgan fingerprint density at radius 1 is 1.08 bits per heavy atom. The molecule has 0 spiro atoms. The minimum Gasteiger partial charge on any atom is -0.493 e. The lowest BCUT2D eigenvalue weighted by atomic mass is 10.2. The van der Waals surface area contributed by atoms with Crippen molar-refractivity contribution in [2.24, 2.45) is 0 Å². The van der Waals surface area contributed by atoms with E-state index in [0.29, 0.717) is 48.7 Å². The number of benzene rings is 2. The molecule has 0 atom stereocenters. The lowest BCUT2D eigenvalue weighted by Gasteiger charge is -2.11. The number of carbonyl (C=O) groups excluding carboxylic acids is 2. The first kappa shape index (κ1) is 21.3. The van der Waals surface area contributed by atoms with Gasteiger partial charge in [-0.15, -0.1) is 12.4 Å². The maximum atomic E-state index is 12.2. The number of para-hydroxylation sites is 3. The standard InChI is InChI=1S/C19H23N3O3.ClH/c1-2-25-17-11-6-3-8-14(17)19(24)21-13-7-12-18(23)22-16-10-5-4-9-15(16)20;/h3-6,8-11H,2,7,12-13,20H2,1H3,(H,21,24)(H,22,23);1H. The fourth-order valence-electron chi connectivity index (χ4n) is 2.31. The van der Waals surface area contributed by atoms with Crippen LogP contribution in [0.4, 0.5) is 11.4 Å². The van der Waals surface area contributed by atoms with Gasteiger partial charge in [0.05, 0.1) is 23.5 Å². The van der Waals surface area contributed by atoms with E-state index in [0.717, 1.165) is 0 Å². The van der Waals surface area contributed by atoms with E-state index in [1.54, 1.807) is 36.4 Å². The van der Waals surface area contributed by atoms with E-state index in [1.165, 1.54) is 0 Å². The summed E-state index contributed by atoms with van der Waals surface area (Å²) in [5.41, 5.74) is 7.40. The quantitative estimate of drug-likeness (QED) is 0.486. The second-order valence-electron chi connectivity index (χ2n) is 5.42. The second-order valence-corrected chi connectivity index (χ2v) is 5.42. The second kappa shape index (κ2) is 11.0. The van der Waals surface area contributed by atoms with Crippen LogP contribution in [0.2, 0.25) is 0 Å². The Kier molecular flexibility index (Phi) is 9.01. The van der Waals surface area contributed by atoms with Crippen molar-refractivity contribution in [2.45, 2.75) is 19.8 Å². The number of carbonyl (C=O) groups is 2. The molecule has 0 aliphatic carbocycles. The minimum atomic E-state index is -0.211. The van der Waals surface area contributed by atoms with Gasteiger partial charge in [0.25, 0.3) is 5.91 Å². The molecule has 0 saturated heterocycles. The van der Waals surface area contributed by atoms with Gasteiger partial charge in [-0.1, -0.05) is 24.3 Å². The molecule has 26 heavy (non-hydrogen) atoms. The van der Waals surface area contributed by atoms with E-state index in [1.807, 2.05) is 19.1 Å². The zero-order chi connectivity index (χ0) is 18.1. The highest BCUT2D eigenvalue weighted by atomic mass is 35.5. The molecule has 2 aromatic rings. The number of halogens is 1. The van der Waals surface area contributed by atoms with Crippen molar-refractivity contribution in [3.05, 3.63) is 54.1 Å².